The van der Waals surface area contributed by atoms with Crippen molar-refractivity contribution in [2.24, 2.45) is 0 Å². The third-order valence-corrected chi connectivity index (χ3v) is 4.27. The van der Waals surface area contributed by atoms with E-state index in [1.807, 2.05) is 42.5 Å². The minimum atomic E-state index is 0.625. The maximum absolute atomic E-state index is 6.12. The summed E-state index contributed by atoms with van der Waals surface area (Å²) in [7, 11) is 0. The summed E-state index contributed by atoms with van der Waals surface area (Å²) in [5, 5.41) is 6.75. The van der Waals surface area contributed by atoms with Crippen molar-refractivity contribution in [3.63, 3.8) is 0 Å². The van der Waals surface area contributed by atoms with Crippen molar-refractivity contribution in [3.05, 3.63) is 70.7 Å². The minimum absolute atomic E-state index is 0.625. The molecule has 0 unspecified atom stereocenters. The summed E-state index contributed by atoms with van der Waals surface area (Å²) >= 11 is 12.1. The summed E-state index contributed by atoms with van der Waals surface area (Å²) in [5.74, 6) is 0. The molecule has 6 heteroatoms. The molecule has 0 aliphatic heterocycles. The number of benzene rings is 2. The highest BCUT2D eigenvalue weighted by atomic mass is 35.5. The van der Waals surface area contributed by atoms with E-state index in [0.717, 1.165) is 27.7 Å². The zero-order chi connectivity index (χ0) is 15.8. The normalized spacial score (nSPS) is 11.2. The smallest absolute Gasteiger partial charge is 0.137 e. The molecule has 0 amide bonds. The van der Waals surface area contributed by atoms with E-state index in [1.54, 1.807) is 11.0 Å². The maximum atomic E-state index is 6.12. The van der Waals surface area contributed by atoms with E-state index >= 15 is 0 Å². The Bertz CT molecular complexity index is 956. The summed E-state index contributed by atoms with van der Waals surface area (Å²) in [6.07, 6.45) is 3.24. The van der Waals surface area contributed by atoms with Crippen LogP contribution < -0.4 is 0 Å². The number of halogens is 2. The molecule has 23 heavy (non-hydrogen) atoms. The van der Waals surface area contributed by atoms with Crippen LogP contribution in [0.2, 0.25) is 10.0 Å². The molecule has 0 saturated heterocycles. The molecule has 2 heterocycles. The summed E-state index contributed by atoms with van der Waals surface area (Å²) < 4.78 is 1.80. The maximum Gasteiger partial charge on any atom is 0.137 e. The summed E-state index contributed by atoms with van der Waals surface area (Å²) in [6, 6.07) is 13.6. The van der Waals surface area contributed by atoms with Gasteiger partial charge < -0.3 is 4.98 Å². The molecular weight excluding hydrogens is 331 g/mol. The van der Waals surface area contributed by atoms with Gasteiger partial charge in [-0.3, -0.25) is 0 Å². The van der Waals surface area contributed by atoms with Crippen molar-refractivity contribution in [1.82, 2.24) is 19.7 Å². The number of nitrogens with one attached hydrogen (secondary N) is 1. The van der Waals surface area contributed by atoms with Gasteiger partial charge in [0.1, 0.15) is 12.7 Å². The Labute approximate surface area is 142 Å². The minimum Gasteiger partial charge on any atom is -0.354 e. The highest BCUT2D eigenvalue weighted by molar-refractivity contribution is 6.31. The fraction of sp³-hybridized carbons (Fsp3) is 0.0588. The van der Waals surface area contributed by atoms with Crippen molar-refractivity contribution in [1.29, 1.82) is 0 Å². The van der Waals surface area contributed by atoms with Gasteiger partial charge in [-0.05, 0) is 29.8 Å². The lowest BCUT2D eigenvalue weighted by Gasteiger charge is -2.05. The average Bonchev–Trinajstić information content (AvgIpc) is 3.17. The Morgan fingerprint density at radius 3 is 2.52 bits per heavy atom. The Kier molecular flexibility index (Phi) is 3.56. The van der Waals surface area contributed by atoms with E-state index in [-0.39, 0.29) is 0 Å². The second-order valence-corrected chi connectivity index (χ2v) is 6.14. The third-order valence-electron chi connectivity index (χ3n) is 3.79. The fourth-order valence-electron chi connectivity index (χ4n) is 2.73. The zero-order valence-electron chi connectivity index (χ0n) is 12.0. The SMILES string of the molecule is Clc1ccc(-c2[nH]c3cc(Cl)ccc3c2Cn2cncn2)cc1. The van der Waals surface area contributed by atoms with Crippen molar-refractivity contribution in [3.8, 4) is 11.3 Å². The van der Waals surface area contributed by atoms with Gasteiger partial charge in [-0.15, -0.1) is 0 Å². The number of aromatic nitrogens is 4. The van der Waals surface area contributed by atoms with Crippen molar-refractivity contribution >= 4 is 34.1 Å². The van der Waals surface area contributed by atoms with E-state index < -0.39 is 0 Å². The highest BCUT2D eigenvalue weighted by Crippen LogP contribution is 2.32. The van der Waals surface area contributed by atoms with Gasteiger partial charge in [0, 0.05) is 26.5 Å². The zero-order valence-corrected chi connectivity index (χ0v) is 13.5. The molecule has 0 spiro atoms. The second-order valence-electron chi connectivity index (χ2n) is 5.27. The number of rotatable bonds is 3. The highest BCUT2D eigenvalue weighted by Gasteiger charge is 2.14. The summed E-state index contributed by atoms with van der Waals surface area (Å²) in [4.78, 5) is 7.48. The van der Waals surface area contributed by atoms with Gasteiger partial charge in [-0.2, -0.15) is 5.10 Å². The van der Waals surface area contributed by atoms with Crippen molar-refractivity contribution < 1.29 is 0 Å². The molecule has 114 valence electrons. The van der Waals surface area contributed by atoms with Gasteiger partial charge in [0.2, 0.25) is 0 Å². The lowest BCUT2D eigenvalue weighted by atomic mass is 10.1. The Morgan fingerprint density at radius 1 is 1.00 bits per heavy atom. The molecule has 4 aromatic rings. The number of aromatic amines is 1. The molecule has 0 saturated carbocycles. The van der Waals surface area contributed by atoms with Crippen LogP contribution in [-0.4, -0.2) is 19.7 Å². The molecular formula is C17H12Cl2N4. The predicted molar refractivity (Wildman–Crippen MR) is 92.9 cm³/mol. The van der Waals surface area contributed by atoms with Crippen LogP contribution in [0.3, 0.4) is 0 Å². The number of fused-ring (bicyclic) bond motifs is 1. The van der Waals surface area contributed by atoms with Gasteiger partial charge in [0.15, 0.2) is 0 Å². The van der Waals surface area contributed by atoms with Crippen LogP contribution in [-0.2, 0) is 6.54 Å². The average molecular weight is 343 g/mol. The van der Waals surface area contributed by atoms with E-state index in [1.165, 1.54) is 6.33 Å². The van der Waals surface area contributed by atoms with Crippen LogP contribution in [0.5, 0.6) is 0 Å². The molecule has 4 rings (SSSR count). The number of nitrogens with zero attached hydrogens (tertiary/aromatic N) is 3. The number of hydrogen-bond donors (Lipinski definition) is 1. The predicted octanol–water partition coefficient (Wildman–Crippen LogP) is 4.78. The molecule has 0 aliphatic carbocycles. The number of H-pyrrole nitrogens is 1. The van der Waals surface area contributed by atoms with Crippen LogP contribution in [0.4, 0.5) is 0 Å². The standard InChI is InChI=1S/C17H12Cl2N4/c18-12-3-1-11(2-4-12)17-15(8-23-10-20-9-21-23)14-6-5-13(19)7-16(14)22-17/h1-7,9-10,22H,8H2. The lowest BCUT2D eigenvalue weighted by Crippen LogP contribution is -2.00. The van der Waals surface area contributed by atoms with Gasteiger partial charge in [0.05, 0.1) is 12.2 Å². The van der Waals surface area contributed by atoms with Crippen LogP contribution in [0.1, 0.15) is 5.56 Å². The second kappa shape index (κ2) is 5.72. The van der Waals surface area contributed by atoms with E-state index in [4.69, 9.17) is 23.2 Å². The lowest BCUT2D eigenvalue weighted by molar-refractivity contribution is 0.689. The monoisotopic (exact) mass is 342 g/mol. The first-order valence-corrected chi connectivity index (χ1v) is 7.85. The van der Waals surface area contributed by atoms with Crippen LogP contribution in [0, 0.1) is 0 Å². The van der Waals surface area contributed by atoms with Crippen LogP contribution >= 0.6 is 23.2 Å². The number of hydrogen-bond acceptors (Lipinski definition) is 2. The van der Waals surface area contributed by atoms with Crippen LogP contribution in [0.25, 0.3) is 22.2 Å². The van der Waals surface area contributed by atoms with Crippen molar-refractivity contribution in [2.75, 3.05) is 0 Å². The molecule has 0 fully saturated rings. The van der Waals surface area contributed by atoms with Gasteiger partial charge in [-0.1, -0.05) is 41.4 Å². The molecule has 0 atom stereocenters. The molecule has 2 aromatic carbocycles. The first kappa shape index (κ1) is 14.3. The Hall–Kier alpha value is -2.30. The first-order valence-electron chi connectivity index (χ1n) is 7.09. The quantitative estimate of drug-likeness (QED) is 0.582. The van der Waals surface area contributed by atoms with Crippen LogP contribution in [0.15, 0.2) is 55.1 Å². The molecule has 0 aliphatic rings. The van der Waals surface area contributed by atoms with E-state index in [2.05, 4.69) is 15.1 Å². The van der Waals surface area contributed by atoms with E-state index in [0.29, 0.717) is 16.6 Å². The summed E-state index contributed by atoms with van der Waals surface area (Å²) in [6.45, 7) is 0.625. The molecule has 0 bridgehead atoms. The van der Waals surface area contributed by atoms with Gasteiger partial charge >= 0.3 is 0 Å². The van der Waals surface area contributed by atoms with Gasteiger partial charge in [0.25, 0.3) is 0 Å². The Morgan fingerprint density at radius 2 is 1.78 bits per heavy atom. The third kappa shape index (κ3) is 2.71. The molecule has 1 N–H and O–H groups in total. The fourth-order valence-corrected chi connectivity index (χ4v) is 3.03. The van der Waals surface area contributed by atoms with Crippen molar-refractivity contribution in [2.45, 2.75) is 6.54 Å². The van der Waals surface area contributed by atoms with Gasteiger partial charge in [-0.25, -0.2) is 9.67 Å². The first-order chi connectivity index (χ1) is 11.2. The summed E-state index contributed by atoms with van der Waals surface area (Å²) in [5.41, 5.74) is 4.24. The molecule has 4 nitrogen and oxygen atoms in total. The molecule has 0 radical (unpaired) electrons. The topological polar surface area (TPSA) is 46.5 Å². The Balaban J connectivity index is 1.92. The largest absolute Gasteiger partial charge is 0.354 e. The molecule has 2 aromatic heterocycles. The van der Waals surface area contributed by atoms with E-state index in [9.17, 15) is 0 Å².